The van der Waals surface area contributed by atoms with E-state index in [1.54, 1.807) is 17.0 Å². The number of benzene rings is 2. The summed E-state index contributed by atoms with van der Waals surface area (Å²) in [5, 5.41) is 0. The quantitative estimate of drug-likeness (QED) is 0.752. The summed E-state index contributed by atoms with van der Waals surface area (Å²) in [5.41, 5.74) is 0.806. The molecule has 0 atom stereocenters. The molecule has 2 aliphatic heterocycles. The number of halogens is 1. The summed E-state index contributed by atoms with van der Waals surface area (Å²) in [4.78, 5) is 13.9. The Morgan fingerprint density at radius 3 is 2.38 bits per heavy atom. The molecule has 154 valence electrons. The Morgan fingerprint density at radius 1 is 0.966 bits per heavy atom. The molecule has 29 heavy (non-hydrogen) atoms. The Morgan fingerprint density at radius 2 is 1.66 bits per heavy atom. The molecule has 1 amide bonds. The molecule has 0 radical (unpaired) electrons. The highest BCUT2D eigenvalue weighted by Crippen LogP contribution is 2.31. The lowest BCUT2D eigenvalue weighted by molar-refractivity contribution is -0.131. The standard InChI is InChI=1S/C20H21FN2O5S/c21-16-3-1-2-4-19(16)29(25,26)23-9-7-22(8-10-23)20(24)14-15-5-6-17-18(13-15)28-12-11-27-17/h1-6,13H,7-12,14H2. The van der Waals surface area contributed by atoms with E-state index < -0.39 is 15.8 Å². The summed E-state index contributed by atoms with van der Waals surface area (Å²) < 4.78 is 51.5. The Balaban J connectivity index is 1.38. The number of amides is 1. The average molecular weight is 420 g/mol. The number of carbonyl (C=O) groups is 1. The predicted octanol–water partition coefficient (Wildman–Crippen LogP) is 1.67. The molecule has 2 aliphatic rings. The number of carbonyl (C=O) groups excluding carboxylic acids is 1. The normalized spacial score (nSPS) is 17.2. The molecule has 0 unspecified atom stereocenters. The van der Waals surface area contributed by atoms with Crippen LogP contribution in [0.3, 0.4) is 0 Å². The maximum Gasteiger partial charge on any atom is 0.246 e. The highest BCUT2D eigenvalue weighted by molar-refractivity contribution is 7.89. The second-order valence-electron chi connectivity index (χ2n) is 6.87. The van der Waals surface area contributed by atoms with Gasteiger partial charge in [-0.3, -0.25) is 4.79 Å². The number of hydrogen-bond donors (Lipinski definition) is 0. The molecule has 0 aliphatic carbocycles. The molecule has 0 saturated carbocycles. The van der Waals surface area contributed by atoms with Gasteiger partial charge in [0.1, 0.15) is 23.9 Å². The lowest BCUT2D eigenvalue weighted by Crippen LogP contribution is -2.51. The van der Waals surface area contributed by atoms with Crippen molar-refractivity contribution in [2.24, 2.45) is 0 Å². The maximum atomic E-state index is 13.9. The molecule has 9 heteroatoms. The third-order valence-electron chi connectivity index (χ3n) is 5.01. The van der Waals surface area contributed by atoms with E-state index in [1.165, 1.54) is 22.5 Å². The van der Waals surface area contributed by atoms with Gasteiger partial charge >= 0.3 is 0 Å². The van der Waals surface area contributed by atoms with Gasteiger partial charge in [-0.2, -0.15) is 4.31 Å². The van der Waals surface area contributed by atoms with Crippen molar-refractivity contribution in [2.45, 2.75) is 11.3 Å². The van der Waals surface area contributed by atoms with Crippen molar-refractivity contribution in [1.82, 2.24) is 9.21 Å². The van der Waals surface area contributed by atoms with E-state index in [4.69, 9.17) is 9.47 Å². The van der Waals surface area contributed by atoms with Crippen LogP contribution in [0.1, 0.15) is 5.56 Å². The topological polar surface area (TPSA) is 76.2 Å². The van der Waals surface area contributed by atoms with Crippen molar-refractivity contribution in [1.29, 1.82) is 0 Å². The third-order valence-corrected chi connectivity index (χ3v) is 6.94. The molecule has 0 spiro atoms. The first kappa shape index (κ1) is 19.7. The molecule has 0 N–H and O–H groups in total. The zero-order chi connectivity index (χ0) is 20.4. The molecule has 1 fully saturated rings. The van der Waals surface area contributed by atoms with Crippen LogP contribution >= 0.6 is 0 Å². The molecule has 2 heterocycles. The summed E-state index contributed by atoms with van der Waals surface area (Å²) in [5.74, 6) is 0.427. The average Bonchev–Trinajstić information content (AvgIpc) is 2.74. The number of hydrogen-bond acceptors (Lipinski definition) is 5. The fourth-order valence-electron chi connectivity index (χ4n) is 3.46. The highest BCUT2D eigenvalue weighted by atomic mass is 32.2. The van der Waals surface area contributed by atoms with Gasteiger partial charge in [-0.05, 0) is 29.8 Å². The van der Waals surface area contributed by atoms with E-state index >= 15 is 0 Å². The summed E-state index contributed by atoms with van der Waals surface area (Å²) in [6, 6.07) is 10.7. The Kier molecular flexibility index (Phi) is 5.42. The molecule has 7 nitrogen and oxygen atoms in total. The van der Waals surface area contributed by atoms with Gasteiger partial charge < -0.3 is 14.4 Å². The van der Waals surface area contributed by atoms with Crippen molar-refractivity contribution < 1.29 is 27.1 Å². The molecular formula is C20H21FN2O5S. The van der Waals surface area contributed by atoms with Gasteiger partial charge in [0, 0.05) is 26.2 Å². The fourth-order valence-corrected chi connectivity index (χ4v) is 4.94. The minimum Gasteiger partial charge on any atom is -0.486 e. The van der Waals surface area contributed by atoms with Crippen molar-refractivity contribution in [3.63, 3.8) is 0 Å². The second kappa shape index (κ2) is 8.00. The van der Waals surface area contributed by atoms with Gasteiger partial charge in [-0.1, -0.05) is 18.2 Å². The Bertz CT molecular complexity index is 1020. The number of nitrogens with zero attached hydrogens (tertiary/aromatic N) is 2. The number of fused-ring (bicyclic) bond motifs is 1. The van der Waals surface area contributed by atoms with Crippen LogP contribution in [-0.2, 0) is 21.2 Å². The number of piperazine rings is 1. The molecule has 0 aromatic heterocycles. The molecule has 2 aromatic carbocycles. The first-order valence-electron chi connectivity index (χ1n) is 9.36. The lowest BCUT2D eigenvalue weighted by atomic mass is 10.1. The van der Waals surface area contributed by atoms with Gasteiger partial charge in [0.15, 0.2) is 11.5 Å². The van der Waals surface area contributed by atoms with E-state index in [-0.39, 0.29) is 43.4 Å². The molecule has 1 saturated heterocycles. The molecular weight excluding hydrogens is 399 g/mol. The molecule has 4 rings (SSSR count). The first-order chi connectivity index (χ1) is 13.9. The van der Waals surface area contributed by atoms with Crippen LogP contribution < -0.4 is 9.47 Å². The first-order valence-corrected chi connectivity index (χ1v) is 10.8. The highest BCUT2D eigenvalue weighted by Gasteiger charge is 2.31. The monoisotopic (exact) mass is 420 g/mol. The maximum absolute atomic E-state index is 13.9. The van der Waals surface area contributed by atoms with Crippen LogP contribution in [0, 0.1) is 5.82 Å². The second-order valence-corrected chi connectivity index (χ2v) is 8.78. The Hall–Kier alpha value is -2.65. The van der Waals surface area contributed by atoms with Crippen LogP contribution in [0.15, 0.2) is 47.4 Å². The van der Waals surface area contributed by atoms with E-state index in [1.807, 2.05) is 6.07 Å². The van der Waals surface area contributed by atoms with Gasteiger partial charge in [-0.15, -0.1) is 0 Å². The van der Waals surface area contributed by atoms with Gasteiger partial charge in [-0.25, -0.2) is 12.8 Å². The van der Waals surface area contributed by atoms with E-state index in [2.05, 4.69) is 0 Å². The van der Waals surface area contributed by atoms with Crippen LogP contribution in [0.5, 0.6) is 11.5 Å². The van der Waals surface area contributed by atoms with Crippen molar-refractivity contribution in [2.75, 3.05) is 39.4 Å². The summed E-state index contributed by atoms with van der Waals surface area (Å²) in [7, 11) is -3.92. The zero-order valence-corrected chi connectivity index (χ0v) is 16.5. The van der Waals surface area contributed by atoms with Crippen molar-refractivity contribution in [3.8, 4) is 11.5 Å². The van der Waals surface area contributed by atoms with Crippen LogP contribution in [0.2, 0.25) is 0 Å². The SMILES string of the molecule is O=C(Cc1ccc2c(c1)OCCO2)N1CCN(S(=O)(=O)c2ccccc2F)CC1. The Labute approximate surface area is 168 Å². The number of sulfonamides is 1. The lowest BCUT2D eigenvalue weighted by Gasteiger charge is -2.34. The number of ether oxygens (including phenoxy) is 2. The predicted molar refractivity (Wildman–Crippen MR) is 103 cm³/mol. The van der Waals surface area contributed by atoms with Gasteiger partial charge in [0.05, 0.1) is 6.42 Å². The smallest absolute Gasteiger partial charge is 0.246 e. The van der Waals surface area contributed by atoms with Crippen molar-refractivity contribution in [3.05, 3.63) is 53.8 Å². The van der Waals surface area contributed by atoms with E-state index in [9.17, 15) is 17.6 Å². The molecule has 0 bridgehead atoms. The number of rotatable bonds is 4. The zero-order valence-electron chi connectivity index (χ0n) is 15.7. The largest absolute Gasteiger partial charge is 0.486 e. The van der Waals surface area contributed by atoms with Crippen LogP contribution in [0.4, 0.5) is 4.39 Å². The summed E-state index contributed by atoms with van der Waals surface area (Å²) >= 11 is 0. The third kappa shape index (κ3) is 4.06. The van der Waals surface area contributed by atoms with E-state index in [0.717, 1.165) is 11.6 Å². The van der Waals surface area contributed by atoms with Gasteiger partial charge in [0.2, 0.25) is 15.9 Å². The minimum atomic E-state index is -3.92. The van der Waals surface area contributed by atoms with Crippen LogP contribution in [-0.4, -0.2) is 62.9 Å². The van der Waals surface area contributed by atoms with E-state index in [0.29, 0.717) is 24.7 Å². The minimum absolute atomic E-state index is 0.0929. The van der Waals surface area contributed by atoms with Crippen LogP contribution in [0.25, 0.3) is 0 Å². The summed E-state index contributed by atoms with van der Waals surface area (Å²) in [6.07, 6.45) is 0.191. The van der Waals surface area contributed by atoms with Crippen molar-refractivity contribution >= 4 is 15.9 Å². The summed E-state index contributed by atoms with van der Waals surface area (Å²) in [6.45, 7) is 1.76. The fraction of sp³-hybridized carbons (Fsp3) is 0.350. The molecule has 2 aromatic rings. The van der Waals surface area contributed by atoms with Gasteiger partial charge in [0.25, 0.3) is 0 Å².